The first kappa shape index (κ1) is 9.78. The fourth-order valence-electron chi connectivity index (χ4n) is 1.26. The average Bonchev–Trinajstić information content (AvgIpc) is 2.46. The minimum Gasteiger partial charge on any atom is -0.313 e. The fourth-order valence-corrected chi connectivity index (χ4v) is 1.26. The molecular weight excluding hydrogens is 214 g/mol. The zero-order valence-electron chi connectivity index (χ0n) is 10.0. The SMILES string of the molecule is [2H]/C(=N/OC(=O)c1ccccc1)c1ccccc1. The molecule has 3 heteroatoms. The number of oxime groups is 1. The van der Waals surface area contributed by atoms with Crippen LogP contribution in [0.25, 0.3) is 0 Å². The van der Waals surface area contributed by atoms with Crippen molar-refractivity contribution in [1.82, 2.24) is 0 Å². The Balaban J connectivity index is 2.05. The number of rotatable bonds is 3. The second kappa shape index (κ2) is 5.61. The fraction of sp³-hybridized carbons (Fsp3) is 0. The predicted molar refractivity (Wildman–Crippen MR) is 65.9 cm³/mol. The summed E-state index contributed by atoms with van der Waals surface area (Å²) in [6.45, 7) is 0. The van der Waals surface area contributed by atoms with E-state index in [4.69, 9.17) is 6.21 Å². The first-order valence-corrected chi connectivity index (χ1v) is 5.14. The van der Waals surface area contributed by atoms with Crippen molar-refractivity contribution in [2.75, 3.05) is 0 Å². The zero-order valence-corrected chi connectivity index (χ0v) is 9.04. The Kier molecular flexibility index (Phi) is 3.23. The summed E-state index contributed by atoms with van der Waals surface area (Å²) in [5.74, 6) is -0.573. The van der Waals surface area contributed by atoms with Crippen molar-refractivity contribution in [3.63, 3.8) is 0 Å². The minimum absolute atomic E-state index is 0.0834. The molecule has 0 aliphatic rings. The molecule has 17 heavy (non-hydrogen) atoms. The summed E-state index contributed by atoms with van der Waals surface area (Å²) in [6, 6.07) is 17.4. The summed E-state index contributed by atoms with van der Waals surface area (Å²) in [5, 5.41) is 3.50. The van der Waals surface area contributed by atoms with E-state index < -0.39 is 5.97 Å². The van der Waals surface area contributed by atoms with Crippen LogP contribution in [0.15, 0.2) is 65.8 Å². The Hall–Kier alpha value is -2.42. The van der Waals surface area contributed by atoms with Crippen LogP contribution in [0.4, 0.5) is 0 Å². The van der Waals surface area contributed by atoms with Crippen LogP contribution in [0.5, 0.6) is 0 Å². The van der Waals surface area contributed by atoms with Gasteiger partial charge in [0.2, 0.25) is 0 Å². The maximum atomic E-state index is 11.6. The van der Waals surface area contributed by atoms with Crippen LogP contribution in [0.3, 0.4) is 0 Å². The summed E-state index contributed by atoms with van der Waals surface area (Å²) >= 11 is 0. The summed E-state index contributed by atoms with van der Waals surface area (Å²) in [5.41, 5.74) is 1.00. The van der Waals surface area contributed by atoms with Crippen molar-refractivity contribution in [1.29, 1.82) is 0 Å². The highest BCUT2D eigenvalue weighted by Crippen LogP contribution is 2.01. The molecule has 0 aliphatic heterocycles. The van der Waals surface area contributed by atoms with Gasteiger partial charge in [-0.1, -0.05) is 53.7 Å². The number of carbonyl (C=O) groups is 1. The van der Waals surface area contributed by atoms with Crippen molar-refractivity contribution < 1.29 is 11.0 Å². The van der Waals surface area contributed by atoms with Crippen molar-refractivity contribution in [3.8, 4) is 0 Å². The maximum absolute atomic E-state index is 11.6. The van der Waals surface area contributed by atoms with Crippen molar-refractivity contribution in [3.05, 3.63) is 71.8 Å². The molecule has 0 unspecified atom stereocenters. The molecule has 0 bridgehead atoms. The molecule has 0 radical (unpaired) electrons. The van der Waals surface area contributed by atoms with Gasteiger partial charge in [0.25, 0.3) is 0 Å². The third kappa shape index (κ3) is 3.28. The lowest BCUT2D eigenvalue weighted by Crippen LogP contribution is -2.00. The first-order valence-electron chi connectivity index (χ1n) is 5.64. The Bertz CT molecular complexity index is 553. The molecule has 0 amide bonds. The van der Waals surface area contributed by atoms with Crippen LogP contribution in [0.2, 0.25) is 0 Å². The molecule has 0 aliphatic carbocycles. The van der Waals surface area contributed by atoms with Crippen LogP contribution in [0, 0.1) is 0 Å². The number of hydrogen-bond donors (Lipinski definition) is 0. The van der Waals surface area contributed by atoms with Crippen LogP contribution in [0.1, 0.15) is 17.3 Å². The maximum Gasteiger partial charge on any atom is 0.365 e. The number of carbonyl (C=O) groups excluding carboxylic acids is 1. The van der Waals surface area contributed by atoms with Gasteiger partial charge in [-0.2, -0.15) is 0 Å². The van der Waals surface area contributed by atoms with Gasteiger partial charge in [0.05, 0.1) is 13.1 Å². The van der Waals surface area contributed by atoms with E-state index in [2.05, 4.69) is 5.16 Å². The van der Waals surface area contributed by atoms with Gasteiger partial charge in [-0.3, -0.25) is 0 Å². The molecular formula is C14H11NO2. The molecule has 3 nitrogen and oxygen atoms in total. The largest absolute Gasteiger partial charge is 0.365 e. The van der Waals surface area contributed by atoms with Crippen LogP contribution in [-0.2, 0) is 4.84 Å². The van der Waals surface area contributed by atoms with Crippen molar-refractivity contribution >= 4 is 12.2 Å². The van der Waals surface area contributed by atoms with Gasteiger partial charge in [0.15, 0.2) is 0 Å². The zero-order chi connectivity index (χ0) is 12.8. The van der Waals surface area contributed by atoms with Gasteiger partial charge < -0.3 is 4.84 Å². The topological polar surface area (TPSA) is 38.7 Å². The molecule has 84 valence electrons. The van der Waals surface area contributed by atoms with E-state index in [1.807, 2.05) is 6.07 Å². The number of benzene rings is 2. The van der Waals surface area contributed by atoms with E-state index in [1.54, 1.807) is 54.6 Å². The van der Waals surface area contributed by atoms with Gasteiger partial charge >= 0.3 is 5.97 Å². The monoisotopic (exact) mass is 226 g/mol. The third-order valence-corrected chi connectivity index (χ3v) is 2.09. The van der Waals surface area contributed by atoms with E-state index in [9.17, 15) is 4.79 Å². The van der Waals surface area contributed by atoms with Gasteiger partial charge in [0.1, 0.15) is 0 Å². The molecule has 0 aromatic heterocycles. The summed E-state index contributed by atoms with van der Waals surface area (Å²) in [6.07, 6.45) is -0.0834. The Morgan fingerprint density at radius 2 is 1.65 bits per heavy atom. The summed E-state index contributed by atoms with van der Waals surface area (Å²) in [7, 11) is 0. The van der Waals surface area contributed by atoms with E-state index in [-0.39, 0.29) is 6.19 Å². The predicted octanol–water partition coefficient (Wildman–Crippen LogP) is 2.88. The average molecular weight is 226 g/mol. The highest BCUT2D eigenvalue weighted by Gasteiger charge is 2.04. The smallest absolute Gasteiger partial charge is 0.313 e. The second-order valence-corrected chi connectivity index (χ2v) is 3.31. The van der Waals surface area contributed by atoms with Gasteiger partial charge in [-0.15, -0.1) is 0 Å². The summed E-state index contributed by atoms with van der Waals surface area (Å²) < 4.78 is 7.64. The van der Waals surface area contributed by atoms with Crippen LogP contribution in [-0.4, -0.2) is 12.2 Å². The first-order chi connectivity index (χ1) is 8.77. The van der Waals surface area contributed by atoms with Crippen LogP contribution < -0.4 is 0 Å². The molecule has 2 rings (SSSR count). The molecule has 2 aromatic carbocycles. The van der Waals surface area contributed by atoms with Crippen molar-refractivity contribution in [2.45, 2.75) is 0 Å². The Morgan fingerprint density at radius 3 is 2.29 bits per heavy atom. The number of nitrogens with zero attached hydrogens (tertiary/aromatic N) is 1. The minimum atomic E-state index is -0.573. The normalized spacial score (nSPS) is 11.8. The second-order valence-electron chi connectivity index (χ2n) is 3.31. The quantitative estimate of drug-likeness (QED) is 0.458. The van der Waals surface area contributed by atoms with Gasteiger partial charge in [0, 0.05) is 0 Å². The molecule has 0 atom stereocenters. The third-order valence-electron chi connectivity index (χ3n) is 2.09. The molecule has 0 N–H and O–H groups in total. The lowest BCUT2D eigenvalue weighted by molar-refractivity contribution is 0.0519. The molecule has 0 saturated heterocycles. The van der Waals surface area contributed by atoms with E-state index in [1.165, 1.54) is 0 Å². The van der Waals surface area contributed by atoms with E-state index in [0.717, 1.165) is 0 Å². The van der Waals surface area contributed by atoms with Crippen LogP contribution >= 0.6 is 0 Å². The lowest BCUT2D eigenvalue weighted by Gasteiger charge is -1.96. The van der Waals surface area contributed by atoms with Gasteiger partial charge in [-0.05, 0) is 17.7 Å². The Labute approximate surface area is 101 Å². The van der Waals surface area contributed by atoms with Gasteiger partial charge in [-0.25, -0.2) is 4.79 Å². The standard InChI is InChI=1S/C14H11NO2/c16-14(13-9-5-2-6-10-13)17-15-11-12-7-3-1-4-8-12/h1-11H/b15-11-/i11D. The molecule has 0 saturated carbocycles. The van der Waals surface area contributed by atoms with Crippen molar-refractivity contribution in [2.24, 2.45) is 5.16 Å². The molecule has 2 aromatic rings. The lowest BCUT2D eigenvalue weighted by atomic mass is 10.2. The highest BCUT2D eigenvalue weighted by atomic mass is 16.7. The van der Waals surface area contributed by atoms with E-state index >= 15 is 0 Å². The summed E-state index contributed by atoms with van der Waals surface area (Å²) in [4.78, 5) is 16.3. The van der Waals surface area contributed by atoms with E-state index in [0.29, 0.717) is 11.1 Å². The highest BCUT2D eigenvalue weighted by molar-refractivity contribution is 5.90. The molecule has 0 fully saturated rings. The number of hydrogen-bond acceptors (Lipinski definition) is 3. The molecule has 0 heterocycles. The molecule has 0 spiro atoms. The Morgan fingerprint density at radius 1 is 1.06 bits per heavy atom.